The minimum atomic E-state index is -3.50. The lowest BCUT2D eigenvalue weighted by Crippen LogP contribution is -2.40. The fourth-order valence-corrected chi connectivity index (χ4v) is 4.68. The average Bonchev–Trinajstić information content (AvgIpc) is 2.87. The van der Waals surface area contributed by atoms with Crippen LogP contribution in [-0.2, 0) is 16.4 Å². The molecule has 2 aromatic rings. The molecule has 116 valence electrons. The van der Waals surface area contributed by atoms with Gasteiger partial charge in [-0.1, -0.05) is 24.3 Å². The zero-order valence-electron chi connectivity index (χ0n) is 12.8. The fourth-order valence-electron chi connectivity index (χ4n) is 1.95. The molecule has 0 saturated carbocycles. The molecule has 1 aromatic heterocycles. The van der Waals surface area contributed by atoms with Crippen LogP contribution >= 0.6 is 11.3 Å². The van der Waals surface area contributed by atoms with Gasteiger partial charge in [0, 0.05) is 10.4 Å². The van der Waals surface area contributed by atoms with E-state index in [2.05, 4.69) is 10.8 Å². The first-order valence-electron chi connectivity index (χ1n) is 6.81. The van der Waals surface area contributed by atoms with E-state index >= 15 is 0 Å². The van der Waals surface area contributed by atoms with E-state index in [4.69, 9.17) is 5.26 Å². The van der Waals surface area contributed by atoms with Gasteiger partial charge in [0.25, 0.3) is 10.0 Å². The summed E-state index contributed by atoms with van der Waals surface area (Å²) in [5.74, 6) is 0. The minimum absolute atomic E-state index is 0.304. The molecule has 1 heterocycles. The number of thiophene rings is 1. The molecule has 0 radical (unpaired) electrons. The highest BCUT2D eigenvalue weighted by molar-refractivity contribution is 7.91. The highest BCUT2D eigenvalue weighted by Gasteiger charge is 2.23. The largest absolute Gasteiger partial charge is 0.250 e. The Morgan fingerprint density at radius 3 is 2.32 bits per heavy atom. The zero-order valence-corrected chi connectivity index (χ0v) is 14.4. The monoisotopic (exact) mass is 334 g/mol. The van der Waals surface area contributed by atoms with E-state index < -0.39 is 15.6 Å². The Bertz CT molecular complexity index is 792. The molecule has 0 amide bonds. The molecule has 0 aliphatic heterocycles. The van der Waals surface area contributed by atoms with Gasteiger partial charge in [-0.2, -0.15) is 5.26 Å². The molecular formula is C16H18N2O2S2. The highest BCUT2D eigenvalue weighted by Crippen LogP contribution is 2.31. The maximum Gasteiger partial charge on any atom is 0.250 e. The first kappa shape index (κ1) is 16.7. The van der Waals surface area contributed by atoms with Crippen molar-refractivity contribution >= 4 is 21.4 Å². The van der Waals surface area contributed by atoms with Gasteiger partial charge in [-0.15, -0.1) is 11.3 Å². The summed E-state index contributed by atoms with van der Waals surface area (Å²) in [6, 6.07) is 13.1. The SMILES string of the molecule is CC(C)(C)NS(=O)(=O)c1ccc(-c2ccc(CC#N)cc2)s1. The van der Waals surface area contributed by atoms with Gasteiger partial charge in [0.2, 0.25) is 0 Å². The lowest BCUT2D eigenvalue weighted by atomic mass is 10.1. The van der Waals surface area contributed by atoms with Crippen molar-refractivity contribution in [2.75, 3.05) is 0 Å². The van der Waals surface area contributed by atoms with Gasteiger partial charge in [0.1, 0.15) is 4.21 Å². The molecule has 0 bridgehead atoms. The molecular weight excluding hydrogens is 316 g/mol. The maximum atomic E-state index is 12.3. The van der Waals surface area contributed by atoms with E-state index in [0.29, 0.717) is 10.6 Å². The number of nitrogens with one attached hydrogen (secondary N) is 1. The van der Waals surface area contributed by atoms with Gasteiger partial charge in [-0.3, -0.25) is 0 Å². The van der Waals surface area contributed by atoms with Crippen LogP contribution in [0, 0.1) is 11.3 Å². The number of hydrogen-bond donors (Lipinski definition) is 1. The zero-order chi connectivity index (χ0) is 16.4. The molecule has 0 aliphatic carbocycles. The Labute approximate surface area is 135 Å². The Hall–Kier alpha value is -1.68. The lowest BCUT2D eigenvalue weighted by Gasteiger charge is -2.19. The van der Waals surface area contributed by atoms with Crippen LogP contribution in [0.15, 0.2) is 40.6 Å². The van der Waals surface area contributed by atoms with Crippen LogP contribution in [0.2, 0.25) is 0 Å². The quantitative estimate of drug-likeness (QED) is 0.929. The maximum absolute atomic E-state index is 12.3. The van der Waals surface area contributed by atoms with E-state index in [1.54, 1.807) is 12.1 Å². The van der Waals surface area contributed by atoms with E-state index in [1.165, 1.54) is 11.3 Å². The van der Waals surface area contributed by atoms with Crippen LogP contribution in [0.3, 0.4) is 0 Å². The van der Waals surface area contributed by atoms with Crippen molar-refractivity contribution < 1.29 is 8.42 Å². The summed E-state index contributed by atoms with van der Waals surface area (Å²) < 4.78 is 27.5. The van der Waals surface area contributed by atoms with Crippen molar-refractivity contribution in [3.8, 4) is 16.5 Å². The second-order valence-corrected chi connectivity index (χ2v) is 9.00. The van der Waals surface area contributed by atoms with Crippen molar-refractivity contribution in [3.05, 3.63) is 42.0 Å². The second kappa shape index (κ2) is 6.21. The molecule has 4 nitrogen and oxygen atoms in total. The standard InChI is InChI=1S/C16H18N2O2S2/c1-16(2,3)18-22(19,20)15-9-8-14(21-15)13-6-4-12(5-7-13)10-11-17/h4-9,18H,10H2,1-3H3. The minimum Gasteiger partial charge on any atom is -0.206 e. The smallest absolute Gasteiger partial charge is 0.206 e. The topological polar surface area (TPSA) is 70.0 Å². The van der Waals surface area contributed by atoms with Gasteiger partial charge in [0.15, 0.2) is 0 Å². The summed E-state index contributed by atoms with van der Waals surface area (Å²) >= 11 is 1.24. The number of hydrogen-bond acceptors (Lipinski definition) is 4. The van der Waals surface area contributed by atoms with E-state index in [1.807, 2.05) is 45.0 Å². The molecule has 0 aliphatic rings. The van der Waals surface area contributed by atoms with Gasteiger partial charge >= 0.3 is 0 Å². The van der Waals surface area contributed by atoms with Crippen molar-refractivity contribution in [1.82, 2.24) is 4.72 Å². The number of nitriles is 1. The average molecular weight is 334 g/mol. The molecule has 22 heavy (non-hydrogen) atoms. The number of rotatable bonds is 4. The molecule has 1 N–H and O–H groups in total. The predicted octanol–water partition coefficient (Wildman–Crippen LogP) is 3.56. The summed E-state index contributed by atoms with van der Waals surface area (Å²) in [5.41, 5.74) is 1.39. The predicted molar refractivity (Wildman–Crippen MR) is 89.1 cm³/mol. The molecule has 0 atom stereocenters. The molecule has 0 fully saturated rings. The highest BCUT2D eigenvalue weighted by atomic mass is 32.2. The van der Waals surface area contributed by atoms with Crippen LogP contribution in [0.5, 0.6) is 0 Å². The Balaban J connectivity index is 2.26. The summed E-state index contributed by atoms with van der Waals surface area (Å²) in [4.78, 5) is 0.887. The molecule has 2 rings (SSSR count). The van der Waals surface area contributed by atoms with Crippen molar-refractivity contribution in [2.24, 2.45) is 0 Å². The van der Waals surface area contributed by atoms with E-state index in [0.717, 1.165) is 16.0 Å². The second-order valence-electron chi connectivity index (χ2n) is 6.01. The molecule has 0 unspecified atom stereocenters. The van der Waals surface area contributed by atoms with Crippen LogP contribution in [0.1, 0.15) is 26.3 Å². The Morgan fingerprint density at radius 1 is 1.14 bits per heavy atom. The number of benzene rings is 1. The van der Waals surface area contributed by atoms with Crippen molar-refractivity contribution in [3.63, 3.8) is 0 Å². The number of nitrogens with zero attached hydrogens (tertiary/aromatic N) is 1. The Morgan fingerprint density at radius 2 is 1.77 bits per heavy atom. The Kier molecular flexibility index (Phi) is 4.71. The van der Waals surface area contributed by atoms with Crippen LogP contribution in [0.25, 0.3) is 10.4 Å². The summed E-state index contributed by atoms with van der Waals surface area (Å²) in [5, 5.41) is 8.67. The molecule has 1 aromatic carbocycles. The van der Waals surface area contributed by atoms with Gasteiger partial charge in [-0.05, 0) is 44.0 Å². The first-order valence-corrected chi connectivity index (χ1v) is 9.11. The molecule has 0 saturated heterocycles. The van der Waals surface area contributed by atoms with Gasteiger partial charge < -0.3 is 0 Å². The first-order chi connectivity index (χ1) is 10.2. The molecule has 0 spiro atoms. The van der Waals surface area contributed by atoms with Crippen molar-refractivity contribution in [2.45, 2.75) is 36.9 Å². The van der Waals surface area contributed by atoms with Crippen LogP contribution in [-0.4, -0.2) is 14.0 Å². The van der Waals surface area contributed by atoms with Gasteiger partial charge in [0.05, 0.1) is 12.5 Å². The number of sulfonamides is 1. The van der Waals surface area contributed by atoms with Crippen LogP contribution < -0.4 is 4.72 Å². The van der Waals surface area contributed by atoms with Crippen molar-refractivity contribution in [1.29, 1.82) is 5.26 Å². The summed E-state index contributed by atoms with van der Waals surface area (Å²) in [6.45, 7) is 5.44. The third kappa shape index (κ3) is 4.17. The van der Waals surface area contributed by atoms with Crippen LogP contribution in [0.4, 0.5) is 0 Å². The molecule has 6 heteroatoms. The summed E-state index contributed by atoms with van der Waals surface area (Å²) in [6.07, 6.45) is 0.375. The summed E-state index contributed by atoms with van der Waals surface area (Å²) in [7, 11) is -3.50. The third-order valence-electron chi connectivity index (χ3n) is 2.81. The van der Waals surface area contributed by atoms with E-state index in [-0.39, 0.29) is 0 Å². The van der Waals surface area contributed by atoms with E-state index in [9.17, 15) is 8.42 Å². The normalized spacial score (nSPS) is 12.1. The fraction of sp³-hybridized carbons (Fsp3) is 0.312. The van der Waals surface area contributed by atoms with Gasteiger partial charge in [-0.25, -0.2) is 13.1 Å². The lowest BCUT2D eigenvalue weighted by molar-refractivity contribution is 0.492. The third-order valence-corrected chi connectivity index (χ3v) is 6.19.